The highest BCUT2D eigenvalue weighted by Crippen LogP contribution is 1.87. The Labute approximate surface area is 60.8 Å². The molecule has 0 heterocycles. The van der Waals surface area contributed by atoms with Gasteiger partial charge in [0, 0.05) is 0 Å². The summed E-state index contributed by atoms with van der Waals surface area (Å²) in [6, 6.07) is 0. The quantitative estimate of drug-likeness (QED) is 0.342. The van der Waals surface area contributed by atoms with Crippen LogP contribution in [-0.2, 0) is 15.8 Å². The molecule has 0 radical (unpaired) electrons. The summed E-state index contributed by atoms with van der Waals surface area (Å²) in [7, 11) is 0. The van der Waals surface area contributed by atoms with Crippen molar-refractivity contribution in [3.63, 3.8) is 0 Å². The van der Waals surface area contributed by atoms with Crippen molar-refractivity contribution in [2.24, 2.45) is 5.73 Å². The van der Waals surface area contributed by atoms with Gasteiger partial charge in [0.1, 0.15) is 0 Å². The van der Waals surface area contributed by atoms with Crippen LogP contribution in [0.1, 0.15) is 6.42 Å². The topological polar surface area (TPSA) is 89.6 Å². The maximum Gasteiger partial charge on any atom is 0.424 e. The van der Waals surface area contributed by atoms with E-state index in [1.165, 1.54) is 0 Å². The van der Waals surface area contributed by atoms with Gasteiger partial charge in [-0.2, -0.15) is 0 Å². The molecule has 0 aromatic heterocycles. The van der Waals surface area contributed by atoms with Gasteiger partial charge in [0.05, 0.1) is 6.61 Å². The van der Waals surface area contributed by atoms with Crippen molar-refractivity contribution in [2.75, 3.05) is 13.2 Å². The molecule has 0 saturated carbocycles. The van der Waals surface area contributed by atoms with E-state index in [2.05, 4.69) is 4.74 Å². The van der Waals surface area contributed by atoms with Crippen molar-refractivity contribution in [3.05, 3.63) is 0 Å². The van der Waals surface area contributed by atoms with E-state index >= 15 is 0 Å². The lowest BCUT2D eigenvalue weighted by molar-refractivity contribution is 0.171. The van der Waals surface area contributed by atoms with Crippen LogP contribution >= 0.6 is 0 Å². The first-order chi connectivity index (χ1) is 4.68. The lowest BCUT2D eigenvalue weighted by atomic mass is 10.5. The number of nitrogens with two attached hydrogens (primary N) is 1. The monoisotopic (exact) mass is 167 g/mol. The van der Waals surface area contributed by atoms with Crippen molar-refractivity contribution in [1.82, 2.24) is 0 Å². The predicted molar refractivity (Wildman–Crippen MR) is 35.8 cm³/mol. The average molecular weight is 167 g/mol. The third kappa shape index (κ3) is 4.42. The van der Waals surface area contributed by atoms with Crippen molar-refractivity contribution in [1.29, 1.82) is 0 Å². The Bertz CT molecular complexity index is 137. The Balaban J connectivity index is 3.31. The van der Waals surface area contributed by atoms with Crippen LogP contribution in [0.2, 0.25) is 0 Å². The van der Waals surface area contributed by atoms with Gasteiger partial charge in [-0.05, 0) is 13.0 Å². The zero-order valence-electron chi connectivity index (χ0n) is 5.28. The molecule has 0 aromatic carbocycles. The zero-order valence-corrected chi connectivity index (χ0v) is 6.10. The first-order valence-electron chi connectivity index (χ1n) is 2.66. The molecule has 3 N–H and O–H groups in total. The highest BCUT2D eigenvalue weighted by Gasteiger charge is 2.07. The summed E-state index contributed by atoms with van der Waals surface area (Å²) in [5, 5.41) is -1.12. The molecule has 0 rings (SSSR count). The first-order valence-corrected chi connectivity index (χ1v) is 3.77. The summed E-state index contributed by atoms with van der Waals surface area (Å²) >= 11 is -2.52. The summed E-state index contributed by atoms with van der Waals surface area (Å²) in [6.45, 7) is 0.493. The molecule has 6 heteroatoms. The molecule has 0 bridgehead atoms. The zero-order chi connectivity index (χ0) is 7.98. The second-order valence-corrected chi connectivity index (χ2v) is 2.32. The van der Waals surface area contributed by atoms with Crippen LogP contribution in [-0.4, -0.2) is 27.2 Å². The molecule has 1 unspecified atom stereocenters. The van der Waals surface area contributed by atoms with Crippen LogP contribution in [0.15, 0.2) is 0 Å². The van der Waals surface area contributed by atoms with Gasteiger partial charge < -0.3 is 10.5 Å². The summed E-state index contributed by atoms with van der Waals surface area (Å²) in [5.74, 6) is 0. The summed E-state index contributed by atoms with van der Waals surface area (Å²) in [6.07, 6.45) is 0.503. The molecule has 60 valence electrons. The maximum atomic E-state index is 10.2. The Morgan fingerprint density at radius 2 is 2.30 bits per heavy atom. The maximum absolute atomic E-state index is 10.2. The van der Waals surface area contributed by atoms with Gasteiger partial charge in [-0.15, -0.1) is 0 Å². The molecule has 0 fully saturated rings. The molecule has 0 aliphatic rings. The van der Waals surface area contributed by atoms with Crippen molar-refractivity contribution >= 4 is 16.4 Å². The fraction of sp³-hybridized carbons (Fsp3) is 0.750. The molecule has 0 saturated heterocycles. The van der Waals surface area contributed by atoms with E-state index in [0.717, 1.165) is 0 Å². The Kier molecular flexibility index (Phi) is 5.09. The normalized spacial score (nSPS) is 12.6. The molecular weight excluding hydrogens is 158 g/mol. The van der Waals surface area contributed by atoms with Gasteiger partial charge in [0.15, 0.2) is 0 Å². The summed E-state index contributed by atoms with van der Waals surface area (Å²) in [4.78, 5) is 10.2. The molecule has 5 nitrogen and oxygen atoms in total. The van der Waals surface area contributed by atoms with Crippen LogP contribution in [0.5, 0.6) is 0 Å². The number of rotatable bonds is 3. The van der Waals surface area contributed by atoms with E-state index in [1.807, 2.05) is 0 Å². The van der Waals surface area contributed by atoms with Crippen molar-refractivity contribution in [3.8, 4) is 0 Å². The minimum atomic E-state index is -2.52. The molecule has 1 atom stereocenters. The van der Waals surface area contributed by atoms with E-state index in [0.29, 0.717) is 13.0 Å². The Morgan fingerprint density at radius 3 is 2.70 bits per heavy atom. The molecule has 0 aliphatic heterocycles. The van der Waals surface area contributed by atoms with Gasteiger partial charge in [-0.3, -0.25) is 4.55 Å². The third-order valence-corrected chi connectivity index (χ3v) is 1.11. The average Bonchev–Trinajstić information content (AvgIpc) is 1.88. The lowest BCUT2D eigenvalue weighted by Gasteiger charge is -1.97. The number of ether oxygens (including phenoxy) is 1. The molecule has 0 aliphatic carbocycles. The molecule has 0 aromatic rings. The Hall–Kier alpha value is -0.460. The summed E-state index contributed by atoms with van der Waals surface area (Å²) < 4.78 is 22.3. The minimum Gasteiger partial charge on any atom is -0.454 e. The predicted octanol–water partition coefficient (Wildman–Crippen LogP) is -0.306. The fourth-order valence-electron chi connectivity index (χ4n) is 0.289. The second kappa shape index (κ2) is 5.33. The number of carbonyl (C=O) groups excluding carboxylic acids is 1. The van der Waals surface area contributed by atoms with E-state index < -0.39 is 16.4 Å². The van der Waals surface area contributed by atoms with Gasteiger partial charge in [0.25, 0.3) is 11.1 Å². The second-order valence-electron chi connectivity index (χ2n) is 1.49. The van der Waals surface area contributed by atoms with Crippen LogP contribution in [0, 0.1) is 0 Å². The van der Waals surface area contributed by atoms with Gasteiger partial charge >= 0.3 is 5.30 Å². The van der Waals surface area contributed by atoms with Crippen molar-refractivity contribution < 1.29 is 18.3 Å². The minimum absolute atomic E-state index is 0.0988. The van der Waals surface area contributed by atoms with Gasteiger partial charge in [-0.1, -0.05) is 0 Å². The first kappa shape index (κ1) is 9.54. The molecule has 10 heavy (non-hydrogen) atoms. The van der Waals surface area contributed by atoms with Gasteiger partial charge in [0.2, 0.25) is 0 Å². The van der Waals surface area contributed by atoms with Crippen LogP contribution in [0.3, 0.4) is 0 Å². The fourth-order valence-corrected chi connectivity index (χ4v) is 0.473. The van der Waals surface area contributed by atoms with Gasteiger partial charge in [-0.25, -0.2) is 9.00 Å². The molecular formula is C4H9NO4S. The molecule has 0 amide bonds. The van der Waals surface area contributed by atoms with Crippen molar-refractivity contribution in [2.45, 2.75) is 6.42 Å². The van der Waals surface area contributed by atoms with Crippen LogP contribution in [0.4, 0.5) is 4.79 Å². The SMILES string of the molecule is NCCCOC(=O)S(=O)O. The summed E-state index contributed by atoms with van der Waals surface area (Å²) in [5.41, 5.74) is 5.06. The smallest absolute Gasteiger partial charge is 0.424 e. The highest BCUT2D eigenvalue weighted by atomic mass is 32.2. The van der Waals surface area contributed by atoms with E-state index in [4.69, 9.17) is 10.3 Å². The number of carbonyl (C=O) groups is 1. The largest absolute Gasteiger partial charge is 0.454 e. The van der Waals surface area contributed by atoms with E-state index in [-0.39, 0.29) is 6.61 Å². The standard InChI is InChI=1S/C4H9NO4S/c5-2-1-3-9-4(6)10(7)8/h1-3,5H2,(H,7,8). The van der Waals surface area contributed by atoms with E-state index in [1.54, 1.807) is 0 Å². The van der Waals surface area contributed by atoms with Crippen LogP contribution in [0.25, 0.3) is 0 Å². The third-order valence-electron chi connectivity index (χ3n) is 0.711. The number of hydrogen-bond donors (Lipinski definition) is 2. The Morgan fingerprint density at radius 1 is 1.70 bits per heavy atom. The number of hydrogen-bond acceptors (Lipinski definition) is 4. The molecule has 0 spiro atoms. The van der Waals surface area contributed by atoms with Crippen LogP contribution < -0.4 is 5.73 Å². The van der Waals surface area contributed by atoms with E-state index in [9.17, 15) is 9.00 Å². The highest BCUT2D eigenvalue weighted by molar-refractivity contribution is 7.94. The lowest BCUT2D eigenvalue weighted by Crippen LogP contribution is -2.11.